The number of rotatable bonds is 1. The second-order valence-electron chi connectivity index (χ2n) is 4.61. The van der Waals surface area contributed by atoms with Crippen LogP contribution in [0.5, 0.6) is 0 Å². The molecule has 1 aliphatic heterocycles. The van der Waals surface area contributed by atoms with E-state index in [-0.39, 0.29) is 23.7 Å². The van der Waals surface area contributed by atoms with Gasteiger partial charge in [-0.2, -0.15) is 0 Å². The normalized spacial score (nSPS) is 27.7. The quantitative estimate of drug-likeness (QED) is 0.582. The first-order chi connectivity index (χ1) is 8.20. The van der Waals surface area contributed by atoms with E-state index in [0.29, 0.717) is 0 Å². The smallest absolute Gasteiger partial charge is 0.237 e. The lowest BCUT2D eigenvalue weighted by molar-refractivity contribution is -0.122. The van der Waals surface area contributed by atoms with E-state index in [2.05, 4.69) is 22.6 Å². The third kappa shape index (κ3) is 1.61. The molecular weight excluding hydrogens is 329 g/mol. The Balaban J connectivity index is 2.03. The molecule has 3 rings (SSSR count). The topological polar surface area (TPSA) is 37.4 Å². The molecule has 2 amide bonds. The van der Waals surface area contributed by atoms with Crippen LogP contribution in [0.3, 0.4) is 0 Å². The van der Waals surface area contributed by atoms with E-state index < -0.39 is 0 Å². The highest BCUT2D eigenvalue weighted by atomic mass is 127. The van der Waals surface area contributed by atoms with Crippen molar-refractivity contribution < 1.29 is 9.59 Å². The second-order valence-corrected chi connectivity index (χ2v) is 5.77. The van der Waals surface area contributed by atoms with E-state index in [0.717, 1.165) is 28.5 Å². The summed E-state index contributed by atoms with van der Waals surface area (Å²) in [5, 5.41) is 0. The Hall–Kier alpha value is -0.910. The zero-order valence-electron chi connectivity index (χ0n) is 9.23. The molecule has 88 valence electrons. The summed E-state index contributed by atoms with van der Waals surface area (Å²) in [6.45, 7) is 0. The molecule has 1 saturated heterocycles. The molecule has 1 heterocycles. The Bertz CT molecular complexity index is 478. The zero-order valence-corrected chi connectivity index (χ0v) is 11.4. The molecule has 0 bridgehead atoms. The summed E-state index contributed by atoms with van der Waals surface area (Å²) in [4.78, 5) is 25.9. The SMILES string of the molecule is O=C1C2CCCC2C(=O)N1c1ccccc1I. The number of hydrogen-bond donors (Lipinski definition) is 0. The first kappa shape index (κ1) is 11.2. The van der Waals surface area contributed by atoms with Crippen LogP contribution in [0.25, 0.3) is 0 Å². The van der Waals surface area contributed by atoms with Gasteiger partial charge >= 0.3 is 0 Å². The number of amides is 2. The first-order valence-corrected chi connectivity index (χ1v) is 6.90. The number of imide groups is 1. The molecule has 1 saturated carbocycles. The molecule has 2 aliphatic rings. The van der Waals surface area contributed by atoms with Crippen LogP contribution in [0.4, 0.5) is 5.69 Å². The highest BCUT2D eigenvalue weighted by Gasteiger charge is 2.50. The van der Waals surface area contributed by atoms with Gasteiger partial charge in [-0.3, -0.25) is 9.59 Å². The zero-order chi connectivity index (χ0) is 12.0. The minimum absolute atomic E-state index is 0.00150. The molecule has 0 aromatic heterocycles. The Morgan fingerprint density at radius 2 is 1.65 bits per heavy atom. The molecule has 1 aromatic rings. The number of carbonyl (C=O) groups is 2. The first-order valence-electron chi connectivity index (χ1n) is 5.82. The number of halogens is 1. The van der Waals surface area contributed by atoms with Crippen molar-refractivity contribution in [2.75, 3.05) is 4.90 Å². The minimum Gasteiger partial charge on any atom is -0.274 e. The largest absolute Gasteiger partial charge is 0.274 e. The van der Waals surface area contributed by atoms with Crippen LogP contribution in [0, 0.1) is 15.4 Å². The van der Waals surface area contributed by atoms with E-state index in [9.17, 15) is 9.59 Å². The van der Waals surface area contributed by atoms with Gasteiger partial charge in [-0.1, -0.05) is 18.6 Å². The van der Waals surface area contributed by atoms with Crippen LogP contribution in [-0.4, -0.2) is 11.8 Å². The fraction of sp³-hybridized carbons (Fsp3) is 0.385. The van der Waals surface area contributed by atoms with Gasteiger partial charge in [0.1, 0.15) is 0 Å². The third-order valence-corrected chi connectivity index (χ3v) is 4.60. The van der Waals surface area contributed by atoms with Gasteiger partial charge in [0.2, 0.25) is 11.8 Å². The molecule has 2 fully saturated rings. The van der Waals surface area contributed by atoms with Gasteiger partial charge in [-0.25, -0.2) is 4.90 Å². The average Bonchev–Trinajstić information content (AvgIpc) is 2.87. The maximum absolute atomic E-state index is 12.3. The molecule has 2 atom stereocenters. The van der Waals surface area contributed by atoms with Crippen molar-refractivity contribution in [3.8, 4) is 0 Å². The summed E-state index contributed by atoms with van der Waals surface area (Å²) in [5.41, 5.74) is 0.748. The van der Waals surface area contributed by atoms with E-state index in [4.69, 9.17) is 0 Å². The fourth-order valence-electron chi connectivity index (χ4n) is 2.86. The van der Waals surface area contributed by atoms with Crippen LogP contribution < -0.4 is 4.90 Å². The monoisotopic (exact) mass is 341 g/mol. The highest BCUT2D eigenvalue weighted by Crippen LogP contribution is 2.42. The Morgan fingerprint density at radius 1 is 1.06 bits per heavy atom. The lowest BCUT2D eigenvalue weighted by atomic mass is 10.00. The highest BCUT2D eigenvalue weighted by molar-refractivity contribution is 14.1. The van der Waals surface area contributed by atoms with Crippen molar-refractivity contribution in [3.63, 3.8) is 0 Å². The lowest BCUT2D eigenvalue weighted by Crippen LogP contribution is -2.32. The van der Waals surface area contributed by atoms with Gasteiger partial charge in [0.15, 0.2) is 0 Å². The van der Waals surface area contributed by atoms with Crippen molar-refractivity contribution in [1.82, 2.24) is 0 Å². The number of carbonyl (C=O) groups excluding carboxylic acids is 2. The molecule has 3 nitrogen and oxygen atoms in total. The van der Waals surface area contributed by atoms with Crippen LogP contribution in [0.1, 0.15) is 19.3 Å². The predicted molar refractivity (Wildman–Crippen MR) is 72.5 cm³/mol. The maximum Gasteiger partial charge on any atom is 0.237 e. The van der Waals surface area contributed by atoms with Crippen LogP contribution in [-0.2, 0) is 9.59 Å². The molecule has 2 unspecified atom stereocenters. The molecule has 0 N–H and O–H groups in total. The van der Waals surface area contributed by atoms with Crippen molar-refractivity contribution in [2.24, 2.45) is 11.8 Å². The van der Waals surface area contributed by atoms with Gasteiger partial charge in [-0.15, -0.1) is 0 Å². The van der Waals surface area contributed by atoms with Gasteiger partial charge in [-0.05, 0) is 47.6 Å². The van der Waals surface area contributed by atoms with Crippen molar-refractivity contribution in [3.05, 3.63) is 27.8 Å². The summed E-state index contributed by atoms with van der Waals surface area (Å²) in [7, 11) is 0. The molecule has 17 heavy (non-hydrogen) atoms. The van der Waals surface area contributed by atoms with Gasteiger partial charge in [0, 0.05) is 3.57 Å². The van der Waals surface area contributed by atoms with E-state index in [1.807, 2.05) is 24.3 Å². The summed E-state index contributed by atoms with van der Waals surface area (Å²) in [5.74, 6) is -0.111. The van der Waals surface area contributed by atoms with E-state index in [1.54, 1.807) is 0 Å². The van der Waals surface area contributed by atoms with Crippen molar-refractivity contribution in [1.29, 1.82) is 0 Å². The van der Waals surface area contributed by atoms with Crippen LogP contribution in [0.2, 0.25) is 0 Å². The average molecular weight is 341 g/mol. The number of fused-ring (bicyclic) bond motifs is 1. The Morgan fingerprint density at radius 3 is 2.24 bits per heavy atom. The number of anilines is 1. The standard InChI is InChI=1S/C13H12INO2/c14-10-6-1-2-7-11(10)15-12(16)8-4-3-5-9(8)13(15)17/h1-2,6-9H,3-5H2. The van der Waals surface area contributed by atoms with Gasteiger partial charge in [0.05, 0.1) is 17.5 Å². The van der Waals surface area contributed by atoms with Crippen LogP contribution in [0.15, 0.2) is 24.3 Å². The molecule has 4 heteroatoms. The number of nitrogens with zero attached hydrogens (tertiary/aromatic N) is 1. The minimum atomic E-state index is -0.0569. The van der Waals surface area contributed by atoms with Crippen LogP contribution >= 0.6 is 22.6 Å². The van der Waals surface area contributed by atoms with Gasteiger partial charge < -0.3 is 0 Å². The predicted octanol–water partition coefficient (Wildman–Crippen LogP) is 2.58. The maximum atomic E-state index is 12.3. The molecule has 1 aliphatic carbocycles. The summed E-state index contributed by atoms with van der Waals surface area (Å²) in [6.07, 6.45) is 2.75. The number of para-hydroxylation sites is 1. The molecule has 1 aromatic carbocycles. The summed E-state index contributed by atoms with van der Waals surface area (Å²) in [6, 6.07) is 7.55. The lowest BCUT2D eigenvalue weighted by Gasteiger charge is -2.17. The molecule has 0 spiro atoms. The third-order valence-electron chi connectivity index (χ3n) is 3.68. The molecule has 0 radical (unpaired) electrons. The van der Waals surface area contributed by atoms with Gasteiger partial charge in [0.25, 0.3) is 0 Å². The van der Waals surface area contributed by atoms with Crippen molar-refractivity contribution >= 4 is 40.1 Å². The Labute approximate surface area is 113 Å². The van der Waals surface area contributed by atoms with Crippen molar-refractivity contribution in [2.45, 2.75) is 19.3 Å². The number of benzene rings is 1. The second kappa shape index (κ2) is 4.08. The summed E-state index contributed by atoms with van der Waals surface area (Å²) >= 11 is 2.17. The van der Waals surface area contributed by atoms with E-state index in [1.165, 1.54) is 4.90 Å². The Kier molecular flexibility index (Phi) is 2.69. The number of hydrogen-bond acceptors (Lipinski definition) is 2. The fourth-order valence-corrected chi connectivity index (χ4v) is 3.49. The molecular formula is C13H12INO2. The van der Waals surface area contributed by atoms with E-state index >= 15 is 0 Å². The summed E-state index contributed by atoms with van der Waals surface area (Å²) < 4.78 is 0.951.